The van der Waals surface area contributed by atoms with Gasteiger partial charge in [0.15, 0.2) is 0 Å². The second-order valence-corrected chi connectivity index (χ2v) is 4.90. The van der Waals surface area contributed by atoms with Gasteiger partial charge in [0, 0.05) is 11.6 Å². The van der Waals surface area contributed by atoms with Crippen molar-refractivity contribution in [1.29, 1.82) is 0 Å². The van der Waals surface area contributed by atoms with Crippen molar-refractivity contribution in [2.75, 3.05) is 7.05 Å². The lowest BCUT2D eigenvalue weighted by Crippen LogP contribution is -2.19. The zero-order valence-corrected chi connectivity index (χ0v) is 11.6. The van der Waals surface area contributed by atoms with Crippen LogP contribution in [0.2, 0.25) is 0 Å². The summed E-state index contributed by atoms with van der Waals surface area (Å²) in [7, 11) is 2.00. The largest absolute Gasteiger partial charge is 0.466 e. The Labute approximate surface area is 109 Å². The van der Waals surface area contributed by atoms with E-state index in [0.29, 0.717) is 6.04 Å². The van der Waals surface area contributed by atoms with Crippen molar-refractivity contribution in [3.63, 3.8) is 0 Å². The molecular formula is C16H21NO. The molecule has 0 aliphatic carbocycles. The first-order chi connectivity index (χ1) is 8.60. The number of furan rings is 1. The van der Waals surface area contributed by atoms with E-state index in [1.54, 1.807) is 0 Å². The zero-order valence-electron chi connectivity index (χ0n) is 11.6. The molecule has 2 heteroatoms. The zero-order chi connectivity index (χ0) is 13.1. The molecule has 0 saturated heterocycles. The predicted molar refractivity (Wildman–Crippen MR) is 74.9 cm³/mol. The van der Waals surface area contributed by atoms with Crippen LogP contribution < -0.4 is 5.32 Å². The Balaban J connectivity index is 2.22. The summed E-state index contributed by atoms with van der Waals surface area (Å²) in [6.07, 6.45) is 0.984. The number of benzene rings is 1. The molecule has 0 aliphatic rings. The van der Waals surface area contributed by atoms with E-state index in [2.05, 4.69) is 42.6 Å². The fourth-order valence-electron chi connectivity index (χ4n) is 2.44. The average molecular weight is 243 g/mol. The van der Waals surface area contributed by atoms with Crippen LogP contribution in [0.4, 0.5) is 0 Å². The van der Waals surface area contributed by atoms with Gasteiger partial charge in [0.1, 0.15) is 11.5 Å². The van der Waals surface area contributed by atoms with Crippen LogP contribution in [0.1, 0.15) is 34.3 Å². The third kappa shape index (κ3) is 2.82. The van der Waals surface area contributed by atoms with Crippen molar-refractivity contribution < 1.29 is 4.42 Å². The summed E-state index contributed by atoms with van der Waals surface area (Å²) < 4.78 is 5.62. The van der Waals surface area contributed by atoms with E-state index in [0.717, 1.165) is 17.9 Å². The van der Waals surface area contributed by atoms with Crippen molar-refractivity contribution in [2.45, 2.75) is 33.2 Å². The van der Waals surface area contributed by atoms with Gasteiger partial charge in [0.05, 0.1) is 0 Å². The van der Waals surface area contributed by atoms with Gasteiger partial charge in [-0.3, -0.25) is 0 Å². The standard InChI is InChI=1S/C16H21NO/c1-11-6-5-7-14(8-11)10-16(17-4)15-9-12(2)18-13(15)3/h5-9,16-17H,10H2,1-4H3. The molecule has 96 valence electrons. The molecule has 18 heavy (non-hydrogen) atoms. The summed E-state index contributed by atoms with van der Waals surface area (Å²) in [6, 6.07) is 11.1. The molecule has 1 aromatic heterocycles. The van der Waals surface area contributed by atoms with E-state index in [4.69, 9.17) is 4.42 Å². The van der Waals surface area contributed by atoms with Crippen LogP contribution in [0.15, 0.2) is 34.7 Å². The number of aryl methyl sites for hydroxylation is 3. The Morgan fingerprint density at radius 1 is 1.17 bits per heavy atom. The molecule has 1 unspecified atom stereocenters. The van der Waals surface area contributed by atoms with Gasteiger partial charge in [-0.2, -0.15) is 0 Å². The third-order valence-electron chi connectivity index (χ3n) is 3.33. The van der Waals surface area contributed by atoms with Gasteiger partial charge in [-0.05, 0) is 45.9 Å². The molecule has 2 nitrogen and oxygen atoms in total. The summed E-state index contributed by atoms with van der Waals surface area (Å²) in [5, 5.41) is 3.38. The number of likely N-dealkylation sites (N-methyl/N-ethyl adjacent to an activating group) is 1. The highest BCUT2D eigenvalue weighted by Gasteiger charge is 2.15. The minimum atomic E-state index is 0.309. The lowest BCUT2D eigenvalue weighted by atomic mass is 9.98. The Hall–Kier alpha value is -1.54. The highest BCUT2D eigenvalue weighted by Crippen LogP contribution is 2.24. The van der Waals surface area contributed by atoms with Gasteiger partial charge in [-0.15, -0.1) is 0 Å². The fourth-order valence-corrected chi connectivity index (χ4v) is 2.44. The van der Waals surface area contributed by atoms with Crippen LogP contribution in [0.5, 0.6) is 0 Å². The maximum absolute atomic E-state index is 5.62. The van der Waals surface area contributed by atoms with Crippen LogP contribution in [-0.4, -0.2) is 7.05 Å². The lowest BCUT2D eigenvalue weighted by Gasteiger charge is -2.16. The normalized spacial score (nSPS) is 12.7. The smallest absolute Gasteiger partial charge is 0.105 e. The number of hydrogen-bond donors (Lipinski definition) is 1. The number of nitrogens with one attached hydrogen (secondary N) is 1. The average Bonchev–Trinajstić information content (AvgIpc) is 2.65. The minimum Gasteiger partial charge on any atom is -0.466 e. The molecule has 1 atom stereocenters. The first-order valence-electron chi connectivity index (χ1n) is 6.40. The molecule has 0 saturated carbocycles. The summed E-state index contributed by atoms with van der Waals surface area (Å²) in [4.78, 5) is 0. The SMILES string of the molecule is CNC(Cc1cccc(C)c1)c1cc(C)oc1C. The van der Waals surface area contributed by atoms with Crippen molar-refractivity contribution in [3.8, 4) is 0 Å². The highest BCUT2D eigenvalue weighted by molar-refractivity contribution is 5.28. The number of hydrogen-bond acceptors (Lipinski definition) is 2. The maximum Gasteiger partial charge on any atom is 0.105 e. The highest BCUT2D eigenvalue weighted by atomic mass is 16.3. The van der Waals surface area contributed by atoms with Gasteiger partial charge in [-0.25, -0.2) is 0 Å². The fraction of sp³-hybridized carbons (Fsp3) is 0.375. The van der Waals surface area contributed by atoms with E-state index < -0.39 is 0 Å². The van der Waals surface area contributed by atoms with Crippen molar-refractivity contribution in [1.82, 2.24) is 5.32 Å². The third-order valence-corrected chi connectivity index (χ3v) is 3.33. The molecule has 2 aromatic rings. The van der Waals surface area contributed by atoms with Gasteiger partial charge in [0.2, 0.25) is 0 Å². The molecule has 0 fully saturated rings. The monoisotopic (exact) mass is 243 g/mol. The molecule has 0 aliphatic heterocycles. The Bertz CT molecular complexity index is 528. The second-order valence-electron chi connectivity index (χ2n) is 4.90. The Morgan fingerprint density at radius 3 is 2.50 bits per heavy atom. The summed E-state index contributed by atoms with van der Waals surface area (Å²) >= 11 is 0. The van der Waals surface area contributed by atoms with E-state index in [1.807, 2.05) is 20.9 Å². The Kier molecular flexibility index (Phi) is 3.87. The minimum absolute atomic E-state index is 0.309. The Morgan fingerprint density at radius 2 is 1.94 bits per heavy atom. The molecule has 0 radical (unpaired) electrons. The molecule has 2 rings (SSSR count). The molecule has 0 spiro atoms. The van der Waals surface area contributed by atoms with E-state index in [1.165, 1.54) is 16.7 Å². The summed E-state index contributed by atoms with van der Waals surface area (Å²) in [5.74, 6) is 1.99. The first-order valence-corrected chi connectivity index (χ1v) is 6.40. The topological polar surface area (TPSA) is 25.2 Å². The van der Waals surface area contributed by atoms with Crippen molar-refractivity contribution in [3.05, 3.63) is 58.5 Å². The van der Waals surface area contributed by atoms with E-state index in [9.17, 15) is 0 Å². The van der Waals surface area contributed by atoms with E-state index in [-0.39, 0.29) is 0 Å². The van der Waals surface area contributed by atoms with Gasteiger partial charge in [-0.1, -0.05) is 29.8 Å². The predicted octanol–water partition coefficient (Wildman–Crippen LogP) is 3.71. The van der Waals surface area contributed by atoms with Crippen LogP contribution >= 0.6 is 0 Å². The molecule has 1 N–H and O–H groups in total. The maximum atomic E-state index is 5.62. The van der Waals surface area contributed by atoms with Gasteiger partial charge >= 0.3 is 0 Å². The second kappa shape index (κ2) is 5.40. The van der Waals surface area contributed by atoms with Crippen LogP contribution in [0.25, 0.3) is 0 Å². The van der Waals surface area contributed by atoms with E-state index >= 15 is 0 Å². The number of rotatable bonds is 4. The molecule has 1 aromatic carbocycles. The van der Waals surface area contributed by atoms with Crippen LogP contribution in [-0.2, 0) is 6.42 Å². The quantitative estimate of drug-likeness (QED) is 0.885. The molecule has 0 amide bonds. The lowest BCUT2D eigenvalue weighted by molar-refractivity contribution is 0.490. The molecular weight excluding hydrogens is 222 g/mol. The molecule has 1 heterocycles. The van der Waals surface area contributed by atoms with Crippen LogP contribution in [0.3, 0.4) is 0 Å². The van der Waals surface area contributed by atoms with Gasteiger partial charge in [0.25, 0.3) is 0 Å². The first kappa shape index (κ1) is 12.9. The summed E-state index contributed by atoms with van der Waals surface area (Å²) in [6.45, 7) is 6.16. The van der Waals surface area contributed by atoms with Gasteiger partial charge < -0.3 is 9.73 Å². The summed E-state index contributed by atoms with van der Waals surface area (Å²) in [5.41, 5.74) is 3.92. The van der Waals surface area contributed by atoms with Crippen LogP contribution in [0, 0.1) is 20.8 Å². The van der Waals surface area contributed by atoms with Crippen molar-refractivity contribution >= 4 is 0 Å². The van der Waals surface area contributed by atoms with Crippen molar-refractivity contribution in [2.24, 2.45) is 0 Å². The molecule has 0 bridgehead atoms.